The van der Waals surface area contributed by atoms with Crippen molar-refractivity contribution >= 4 is 5.91 Å². The third-order valence-corrected chi connectivity index (χ3v) is 4.21. The summed E-state index contributed by atoms with van der Waals surface area (Å²) < 4.78 is 0. The van der Waals surface area contributed by atoms with Gasteiger partial charge in [0.25, 0.3) is 0 Å². The molecule has 1 aliphatic heterocycles. The summed E-state index contributed by atoms with van der Waals surface area (Å²) in [6.45, 7) is 8.50. The summed E-state index contributed by atoms with van der Waals surface area (Å²) in [7, 11) is 0. The van der Waals surface area contributed by atoms with Gasteiger partial charge in [-0.05, 0) is 25.3 Å². The van der Waals surface area contributed by atoms with Gasteiger partial charge >= 0.3 is 0 Å². The Morgan fingerprint density at radius 3 is 2.65 bits per heavy atom. The standard InChI is InChI=1S/C14H24N2O/c1-3-8-16(12-6-4-5-7-12)14(17)13-10-15-9-11(13)2/h3,11-13,15H,1,4-10H2,2H3. The Kier molecular flexibility index (Phi) is 4.21. The Morgan fingerprint density at radius 1 is 1.41 bits per heavy atom. The fourth-order valence-corrected chi connectivity index (χ4v) is 3.13. The lowest BCUT2D eigenvalue weighted by Crippen LogP contribution is -2.44. The third-order valence-electron chi connectivity index (χ3n) is 4.21. The maximum absolute atomic E-state index is 12.6. The van der Waals surface area contributed by atoms with E-state index in [0.717, 1.165) is 13.1 Å². The molecule has 0 aromatic carbocycles. The van der Waals surface area contributed by atoms with E-state index in [2.05, 4.69) is 23.7 Å². The van der Waals surface area contributed by atoms with E-state index >= 15 is 0 Å². The third kappa shape index (κ3) is 2.71. The van der Waals surface area contributed by atoms with Crippen molar-refractivity contribution in [2.75, 3.05) is 19.6 Å². The predicted octanol–water partition coefficient (Wildman–Crippen LogP) is 1.80. The molecular weight excluding hydrogens is 212 g/mol. The van der Waals surface area contributed by atoms with Crippen LogP contribution in [0.3, 0.4) is 0 Å². The van der Waals surface area contributed by atoms with Gasteiger partial charge in [-0.3, -0.25) is 4.79 Å². The molecule has 2 atom stereocenters. The van der Waals surface area contributed by atoms with E-state index in [4.69, 9.17) is 0 Å². The van der Waals surface area contributed by atoms with Gasteiger partial charge in [0.1, 0.15) is 0 Å². The summed E-state index contributed by atoms with van der Waals surface area (Å²) >= 11 is 0. The van der Waals surface area contributed by atoms with Gasteiger partial charge in [0.2, 0.25) is 5.91 Å². The van der Waals surface area contributed by atoms with Crippen LogP contribution in [-0.2, 0) is 4.79 Å². The zero-order valence-corrected chi connectivity index (χ0v) is 10.8. The van der Waals surface area contributed by atoms with Crippen molar-refractivity contribution in [1.82, 2.24) is 10.2 Å². The van der Waals surface area contributed by atoms with E-state index < -0.39 is 0 Å². The number of hydrogen-bond acceptors (Lipinski definition) is 2. The first-order valence-electron chi connectivity index (χ1n) is 6.86. The van der Waals surface area contributed by atoms with Crippen LogP contribution < -0.4 is 5.32 Å². The highest BCUT2D eigenvalue weighted by Crippen LogP contribution is 2.27. The number of nitrogens with zero attached hydrogens (tertiary/aromatic N) is 1. The monoisotopic (exact) mass is 236 g/mol. The number of carbonyl (C=O) groups excluding carboxylic acids is 1. The van der Waals surface area contributed by atoms with Gasteiger partial charge in [-0.25, -0.2) is 0 Å². The topological polar surface area (TPSA) is 32.3 Å². The predicted molar refractivity (Wildman–Crippen MR) is 69.7 cm³/mol. The van der Waals surface area contributed by atoms with E-state index in [1.54, 1.807) is 0 Å². The SMILES string of the molecule is C=CCN(C(=O)C1CNCC1C)C1CCCC1. The molecule has 1 heterocycles. The molecule has 2 unspecified atom stereocenters. The van der Waals surface area contributed by atoms with Crippen LogP contribution in [0.2, 0.25) is 0 Å². The van der Waals surface area contributed by atoms with E-state index in [0.29, 0.717) is 24.4 Å². The fourth-order valence-electron chi connectivity index (χ4n) is 3.13. The molecule has 96 valence electrons. The molecule has 1 N–H and O–H groups in total. The highest BCUT2D eigenvalue weighted by atomic mass is 16.2. The second kappa shape index (κ2) is 5.67. The van der Waals surface area contributed by atoms with Crippen molar-refractivity contribution in [3.63, 3.8) is 0 Å². The smallest absolute Gasteiger partial charge is 0.227 e. The van der Waals surface area contributed by atoms with Crippen molar-refractivity contribution in [1.29, 1.82) is 0 Å². The Bertz CT molecular complexity index is 284. The summed E-state index contributed by atoms with van der Waals surface area (Å²) in [5.41, 5.74) is 0. The Morgan fingerprint density at radius 2 is 2.12 bits per heavy atom. The molecule has 3 heteroatoms. The molecule has 17 heavy (non-hydrogen) atoms. The second-order valence-corrected chi connectivity index (χ2v) is 5.46. The zero-order valence-electron chi connectivity index (χ0n) is 10.8. The zero-order chi connectivity index (χ0) is 12.3. The Balaban J connectivity index is 2.03. The minimum absolute atomic E-state index is 0.176. The summed E-state index contributed by atoms with van der Waals surface area (Å²) in [6.07, 6.45) is 6.75. The van der Waals surface area contributed by atoms with E-state index in [1.165, 1.54) is 25.7 Å². The number of carbonyl (C=O) groups is 1. The first kappa shape index (κ1) is 12.6. The van der Waals surface area contributed by atoms with Crippen LogP contribution in [0.4, 0.5) is 0 Å². The molecular formula is C14H24N2O. The van der Waals surface area contributed by atoms with Crippen molar-refractivity contribution in [2.24, 2.45) is 11.8 Å². The molecule has 2 aliphatic rings. The van der Waals surface area contributed by atoms with Crippen LogP contribution in [0.1, 0.15) is 32.6 Å². The summed E-state index contributed by atoms with van der Waals surface area (Å²) in [4.78, 5) is 14.6. The molecule has 1 saturated heterocycles. The van der Waals surface area contributed by atoms with Gasteiger partial charge < -0.3 is 10.2 Å². The molecule has 0 aromatic heterocycles. The maximum atomic E-state index is 12.6. The largest absolute Gasteiger partial charge is 0.336 e. The highest BCUT2D eigenvalue weighted by molar-refractivity contribution is 5.80. The average Bonchev–Trinajstić information content (AvgIpc) is 2.95. The van der Waals surface area contributed by atoms with Crippen molar-refractivity contribution < 1.29 is 4.79 Å². The summed E-state index contributed by atoms with van der Waals surface area (Å²) in [6, 6.07) is 0.466. The van der Waals surface area contributed by atoms with Gasteiger partial charge in [0.05, 0.1) is 5.92 Å². The quantitative estimate of drug-likeness (QED) is 0.755. The van der Waals surface area contributed by atoms with Crippen LogP contribution in [0.15, 0.2) is 12.7 Å². The average molecular weight is 236 g/mol. The van der Waals surface area contributed by atoms with E-state index in [1.807, 2.05) is 6.08 Å². The lowest BCUT2D eigenvalue weighted by molar-refractivity contribution is -0.137. The summed E-state index contributed by atoms with van der Waals surface area (Å²) in [5, 5.41) is 3.32. The normalized spacial score (nSPS) is 29.5. The van der Waals surface area contributed by atoms with Gasteiger partial charge in [0, 0.05) is 19.1 Å². The highest BCUT2D eigenvalue weighted by Gasteiger charge is 2.35. The Labute approximate surface area is 104 Å². The lowest BCUT2D eigenvalue weighted by Gasteiger charge is -2.31. The first-order valence-corrected chi connectivity index (χ1v) is 6.86. The molecule has 1 aliphatic carbocycles. The number of nitrogens with one attached hydrogen (secondary N) is 1. The lowest BCUT2D eigenvalue weighted by atomic mass is 9.95. The number of rotatable bonds is 4. The van der Waals surface area contributed by atoms with Gasteiger partial charge in [0.15, 0.2) is 0 Å². The van der Waals surface area contributed by atoms with Gasteiger partial charge in [-0.1, -0.05) is 25.8 Å². The van der Waals surface area contributed by atoms with Crippen LogP contribution in [-0.4, -0.2) is 36.5 Å². The Hall–Kier alpha value is -0.830. The van der Waals surface area contributed by atoms with Crippen LogP contribution in [0, 0.1) is 11.8 Å². The van der Waals surface area contributed by atoms with E-state index in [9.17, 15) is 4.79 Å². The number of amides is 1. The van der Waals surface area contributed by atoms with Crippen LogP contribution in [0.5, 0.6) is 0 Å². The second-order valence-electron chi connectivity index (χ2n) is 5.46. The van der Waals surface area contributed by atoms with Gasteiger partial charge in [-0.2, -0.15) is 0 Å². The van der Waals surface area contributed by atoms with E-state index in [-0.39, 0.29) is 5.92 Å². The molecule has 0 bridgehead atoms. The van der Waals surface area contributed by atoms with Crippen molar-refractivity contribution in [3.05, 3.63) is 12.7 Å². The summed E-state index contributed by atoms with van der Waals surface area (Å²) in [5.74, 6) is 0.987. The molecule has 0 spiro atoms. The molecule has 3 nitrogen and oxygen atoms in total. The minimum Gasteiger partial charge on any atom is -0.336 e. The maximum Gasteiger partial charge on any atom is 0.227 e. The molecule has 1 saturated carbocycles. The minimum atomic E-state index is 0.176. The van der Waals surface area contributed by atoms with Crippen molar-refractivity contribution in [2.45, 2.75) is 38.6 Å². The van der Waals surface area contributed by atoms with Crippen LogP contribution in [0.25, 0.3) is 0 Å². The molecule has 1 amide bonds. The molecule has 0 radical (unpaired) electrons. The fraction of sp³-hybridized carbons (Fsp3) is 0.786. The molecule has 2 fully saturated rings. The van der Waals surface area contributed by atoms with Crippen LogP contribution >= 0.6 is 0 Å². The van der Waals surface area contributed by atoms with Crippen molar-refractivity contribution in [3.8, 4) is 0 Å². The molecule has 0 aromatic rings. The molecule has 2 rings (SSSR count). The number of hydrogen-bond donors (Lipinski definition) is 1. The van der Waals surface area contributed by atoms with Gasteiger partial charge in [-0.15, -0.1) is 6.58 Å². The first-order chi connectivity index (χ1) is 8.24.